The van der Waals surface area contributed by atoms with E-state index >= 15 is 0 Å². The van der Waals surface area contributed by atoms with E-state index in [0.717, 1.165) is 49.7 Å². The van der Waals surface area contributed by atoms with Gasteiger partial charge in [0.15, 0.2) is 0 Å². The van der Waals surface area contributed by atoms with Gasteiger partial charge in [-0.3, -0.25) is 9.59 Å². The van der Waals surface area contributed by atoms with E-state index in [2.05, 4.69) is 24.5 Å². The molecule has 3 amide bonds. The van der Waals surface area contributed by atoms with Crippen LogP contribution in [0.1, 0.15) is 124 Å². The van der Waals surface area contributed by atoms with Crippen molar-refractivity contribution >= 4 is 17.9 Å². The molecule has 1 aliphatic carbocycles. The van der Waals surface area contributed by atoms with Gasteiger partial charge in [0.05, 0.1) is 0 Å². The third-order valence-corrected chi connectivity index (χ3v) is 8.00. The fourth-order valence-electron chi connectivity index (χ4n) is 5.43. The molecule has 1 fully saturated rings. The van der Waals surface area contributed by atoms with E-state index in [1.54, 1.807) is 25.7 Å². The molecule has 4 unspecified atom stereocenters. The van der Waals surface area contributed by atoms with Crippen LogP contribution in [0.15, 0.2) is 24.3 Å². The number of hydrogen-bond donors (Lipinski definition) is 2. The topological polar surface area (TPSA) is 87.7 Å². The average molecular weight is 558 g/mol. The Bertz CT molecular complexity index is 965. The summed E-state index contributed by atoms with van der Waals surface area (Å²) >= 11 is 0. The number of rotatable bonds is 12. The highest BCUT2D eigenvalue weighted by molar-refractivity contribution is 5.92. The van der Waals surface area contributed by atoms with Crippen LogP contribution in [0.5, 0.6) is 0 Å². The largest absolute Gasteiger partial charge is 0.444 e. The highest BCUT2D eigenvalue weighted by Gasteiger charge is 2.41. The van der Waals surface area contributed by atoms with Crippen molar-refractivity contribution in [1.82, 2.24) is 15.5 Å². The lowest BCUT2D eigenvalue weighted by atomic mass is 9.91. The van der Waals surface area contributed by atoms with Gasteiger partial charge in [-0.25, -0.2) is 4.79 Å². The molecule has 1 aromatic rings. The summed E-state index contributed by atoms with van der Waals surface area (Å²) in [6.45, 7) is 17.7. The lowest BCUT2D eigenvalue weighted by molar-refractivity contribution is -0.146. The first kappa shape index (κ1) is 33.6. The van der Waals surface area contributed by atoms with Crippen LogP contribution < -0.4 is 10.6 Å². The summed E-state index contributed by atoms with van der Waals surface area (Å²) in [6, 6.07) is 6.09. The van der Waals surface area contributed by atoms with Gasteiger partial charge in [0.2, 0.25) is 11.8 Å². The number of nitrogens with one attached hydrogen (secondary N) is 2. The maximum atomic E-state index is 14.6. The van der Waals surface area contributed by atoms with Crippen molar-refractivity contribution in [3.05, 3.63) is 35.4 Å². The zero-order chi connectivity index (χ0) is 30.0. The van der Waals surface area contributed by atoms with E-state index in [0.29, 0.717) is 12.3 Å². The molecule has 0 aromatic heterocycles. The molecular formula is C33H55N3O4. The molecule has 0 bridgehead atoms. The maximum absolute atomic E-state index is 14.6. The van der Waals surface area contributed by atoms with E-state index in [1.165, 1.54) is 6.42 Å². The Morgan fingerprint density at radius 1 is 1.00 bits per heavy atom. The monoisotopic (exact) mass is 557 g/mol. The van der Waals surface area contributed by atoms with Crippen LogP contribution in [0, 0.1) is 18.8 Å². The lowest BCUT2D eigenvalue weighted by Crippen LogP contribution is -2.58. The molecule has 7 heteroatoms. The van der Waals surface area contributed by atoms with Crippen molar-refractivity contribution in [3.63, 3.8) is 0 Å². The number of amides is 3. The Labute approximate surface area is 243 Å². The highest BCUT2D eigenvalue weighted by atomic mass is 16.6. The summed E-state index contributed by atoms with van der Waals surface area (Å²) in [5.41, 5.74) is 1.09. The quantitative estimate of drug-likeness (QED) is 0.287. The van der Waals surface area contributed by atoms with Gasteiger partial charge in [0.25, 0.3) is 0 Å². The van der Waals surface area contributed by atoms with Crippen molar-refractivity contribution in [2.45, 2.75) is 143 Å². The second-order valence-corrected chi connectivity index (χ2v) is 13.2. The summed E-state index contributed by atoms with van der Waals surface area (Å²) in [5.74, 6) is -0.0917. The zero-order valence-corrected chi connectivity index (χ0v) is 26.5. The van der Waals surface area contributed by atoms with Gasteiger partial charge >= 0.3 is 6.09 Å². The molecule has 0 radical (unpaired) electrons. The van der Waals surface area contributed by atoms with Gasteiger partial charge in [-0.2, -0.15) is 0 Å². The molecule has 0 heterocycles. The molecular weight excluding hydrogens is 502 g/mol. The number of carbonyl (C=O) groups excluding carboxylic acids is 3. The van der Waals surface area contributed by atoms with Crippen molar-refractivity contribution < 1.29 is 19.1 Å². The summed E-state index contributed by atoms with van der Waals surface area (Å²) < 4.78 is 5.54. The van der Waals surface area contributed by atoms with Crippen LogP contribution in [0.4, 0.5) is 4.79 Å². The van der Waals surface area contributed by atoms with Crippen LogP contribution in [-0.2, 0) is 14.3 Å². The van der Waals surface area contributed by atoms with Crippen LogP contribution in [0.2, 0.25) is 0 Å². The van der Waals surface area contributed by atoms with E-state index in [-0.39, 0.29) is 29.8 Å². The minimum absolute atomic E-state index is 0.112. The molecule has 7 nitrogen and oxygen atoms in total. The Kier molecular flexibility index (Phi) is 13.0. The molecule has 0 spiro atoms. The lowest BCUT2D eigenvalue weighted by Gasteiger charge is -2.41. The normalized spacial score (nSPS) is 17.4. The predicted molar refractivity (Wildman–Crippen MR) is 162 cm³/mol. The smallest absolute Gasteiger partial charge is 0.408 e. The van der Waals surface area contributed by atoms with Gasteiger partial charge < -0.3 is 20.3 Å². The van der Waals surface area contributed by atoms with Crippen molar-refractivity contribution in [3.8, 4) is 0 Å². The predicted octanol–water partition coefficient (Wildman–Crippen LogP) is 7.08. The van der Waals surface area contributed by atoms with Crippen LogP contribution in [-0.4, -0.2) is 46.5 Å². The molecule has 4 atom stereocenters. The number of ether oxygens (including phenoxy) is 1. The molecule has 1 aromatic carbocycles. The molecule has 40 heavy (non-hydrogen) atoms. The van der Waals surface area contributed by atoms with Crippen molar-refractivity contribution in [2.24, 2.45) is 11.8 Å². The summed E-state index contributed by atoms with van der Waals surface area (Å²) in [7, 11) is 0. The fraction of sp³-hybridized carbons (Fsp3) is 0.727. The molecule has 226 valence electrons. The Morgan fingerprint density at radius 3 is 2.17 bits per heavy atom. The van der Waals surface area contributed by atoms with Crippen LogP contribution in [0.3, 0.4) is 0 Å². The fourth-order valence-corrected chi connectivity index (χ4v) is 5.43. The first-order valence-electron chi connectivity index (χ1n) is 15.4. The van der Waals surface area contributed by atoms with E-state index < -0.39 is 23.8 Å². The van der Waals surface area contributed by atoms with Crippen molar-refractivity contribution in [2.75, 3.05) is 0 Å². The third-order valence-electron chi connectivity index (χ3n) is 8.00. The second kappa shape index (κ2) is 15.4. The number of benzene rings is 1. The van der Waals surface area contributed by atoms with Crippen LogP contribution in [0.25, 0.3) is 0 Å². The van der Waals surface area contributed by atoms with E-state index in [1.807, 2.05) is 52.0 Å². The first-order chi connectivity index (χ1) is 18.7. The third kappa shape index (κ3) is 10.1. The SMILES string of the molecule is CCC(C)C(NC(=O)OC(C)(C)C)C(=O)N(C(C)CCC(C)C)C(C(=O)NC1CCCCC1)c1ccccc1C. The summed E-state index contributed by atoms with van der Waals surface area (Å²) in [6.07, 6.45) is 7.04. The van der Waals surface area contributed by atoms with Crippen molar-refractivity contribution in [1.29, 1.82) is 0 Å². The summed E-state index contributed by atoms with van der Waals surface area (Å²) in [4.78, 5) is 43.5. The van der Waals surface area contributed by atoms with Gasteiger partial charge in [-0.05, 0) is 83.3 Å². The number of hydrogen-bond acceptors (Lipinski definition) is 4. The molecule has 0 saturated heterocycles. The maximum Gasteiger partial charge on any atom is 0.408 e. The molecule has 1 saturated carbocycles. The standard InChI is InChI=1S/C33H55N3O4/c1-10-23(4)28(35-32(39)40-33(7,8)9)31(38)36(25(6)21-20-22(2)3)29(27-19-15-14-16-24(27)5)30(37)34-26-17-12-11-13-18-26/h14-16,19,22-23,25-26,28-29H,10-13,17-18,20-21H2,1-9H3,(H,34,37)(H,35,39). The average Bonchev–Trinajstić information content (AvgIpc) is 2.88. The van der Waals surface area contributed by atoms with E-state index in [9.17, 15) is 14.4 Å². The molecule has 0 aliphatic heterocycles. The van der Waals surface area contributed by atoms with Gasteiger partial charge in [-0.1, -0.05) is 77.6 Å². The number of nitrogens with zero attached hydrogens (tertiary/aromatic N) is 1. The Hall–Kier alpha value is -2.57. The Balaban J connectivity index is 2.58. The molecule has 1 aliphatic rings. The van der Waals surface area contributed by atoms with Gasteiger partial charge in [-0.15, -0.1) is 0 Å². The first-order valence-corrected chi connectivity index (χ1v) is 15.4. The molecule has 2 N–H and O–H groups in total. The highest BCUT2D eigenvalue weighted by Crippen LogP contribution is 2.31. The summed E-state index contributed by atoms with van der Waals surface area (Å²) in [5, 5.41) is 6.19. The van der Waals surface area contributed by atoms with E-state index in [4.69, 9.17) is 4.74 Å². The number of alkyl carbamates (subject to hydrolysis) is 1. The minimum Gasteiger partial charge on any atom is -0.444 e. The van der Waals surface area contributed by atoms with Gasteiger partial charge in [0, 0.05) is 12.1 Å². The zero-order valence-electron chi connectivity index (χ0n) is 26.5. The number of aryl methyl sites for hydroxylation is 1. The van der Waals surface area contributed by atoms with Crippen LogP contribution >= 0.6 is 0 Å². The molecule has 2 rings (SSSR count). The number of carbonyl (C=O) groups is 3. The Morgan fingerprint density at radius 2 is 1.62 bits per heavy atom. The second-order valence-electron chi connectivity index (χ2n) is 13.2. The minimum atomic E-state index is -0.824. The van der Waals surface area contributed by atoms with Gasteiger partial charge in [0.1, 0.15) is 17.7 Å².